The molecule has 0 aliphatic heterocycles. The van der Waals surface area contributed by atoms with Gasteiger partial charge in [0.15, 0.2) is 0 Å². The van der Waals surface area contributed by atoms with Crippen molar-refractivity contribution >= 4 is 23.3 Å². The molecule has 206 valence electrons. The van der Waals surface area contributed by atoms with E-state index in [1.165, 1.54) is 0 Å². The highest BCUT2D eigenvalue weighted by atomic mass is 16.5. The number of ether oxygens (including phenoxy) is 1. The lowest BCUT2D eigenvalue weighted by Crippen LogP contribution is -2.45. The smallest absolute Gasteiger partial charge is 0.325 e. The minimum Gasteiger partial charge on any atom is -0.465 e. The molecule has 1 fully saturated rings. The number of aromatic nitrogens is 1. The second kappa shape index (κ2) is 12.4. The van der Waals surface area contributed by atoms with Crippen molar-refractivity contribution in [3.8, 4) is 11.1 Å². The fourth-order valence-electron chi connectivity index (χ4n) is 4.90. The maximum absolute atomic E-state index is 13.3. The number of anilines is 2. The molecule has 0 unspecified atom stereocenters. The number of carbonyl (C=O) groups is 2. The highest BCUT2D eigenvalue weighted by molar-refractivity contribution is 6.04. The first-order valence-corrected chi connectivity index (χ1v) is 13.5. The molecule has 1 saturated carbocycles. The van der Waals surface area contributed by atoms with Gasteiger partial charge in [-0.1, -0.05) is 24.3 Å². The van der Waals surface area contributed by atoms with Crippen LogP contribution in [0, 0.1) is 13.8 Å². The van der Waals surface area contributed by atoms with E-state index in [1.54, 1.807) is 20.0 Å². The molecule has 1 amide bonds. The zero-order valence-corrected chi connectivity index (χ0v) is 23.3. The molecule has 8 nitrogen and oxygen atoms in total. The predicted octanol–water partition coefficient (Wildman–Crippen LogP) is 4.94. The Labute approximate surface area is 230 Å². The lowest BCUT2D eigenvalue weighted by atomic mass is 9.94. The molecule has 1 aliphatic carbocycles. The topological polar surface area (TPSA) is 113 Å². The number of carbonyl (C=O) groups excluding carboxylic acids is 2. The zero-order chi connectivity index (χ0) is 28.1. The lowest BCUT2D eigenvalue weighted by molar-refractivity contribution is -0.148. The molecule has 39 heavy (non-hydrogen) atoms. The number of aliphatic hydroxyl groups is 1. The van der Waals surface area contributed by atoms with Gasteiger partial charge in [0.05, 0.1) is 12.7 Å². The van der Waals surface area contributed by atoms with Crippen LogP contribution in [0.2, 0.25) is 0 Å². The number of esters is 1. The van der Waals surface area contributed by atoms with Crippen LogP contribution < -0.4 is 16.0 Å². The van der Waals surface area contributed by atoms with Gasteiger partial charge in [-0.15, -0.1) is 0 Å². The number of pyridine rings is 1. The van der Waals surface area contributed by atoms with Gasteiger partial charge in [0.1, 0.15) is 11.7 Å². The Morgan fingerprint density at radius 1 is 1.08 bits per heavy atom. The number of rotatable bonds is 11. The number of aliphatic hydroxyl groups excluding tert-OH is 1. The molecule has 4 N–H and O–H groups in total. The van der Waals surface area contributed by atoms with Gasteiger partial charge in [-0.25, -0.2) is 0 Å². The Balaban J connectivity index is 1.54. The average molecular weight is 531 g/mol. The lowest BCUT2D eigenvalue weighted by Gasteiger charge is -2.21. The van der Waals surface area contributed by atoms with Gasteiger partial charge < -0.3 is 20.5 Å². The summed E-state index contributed by atoms with van der Waals surface area (Å²) >= 11 is 0. The van der Waals surface area contributed by atoms with Crippen molar-refractivity contribution in [2.24, 2.45) is 0 Å². The number of hydrogen-bond acceptors (Lipinski definition) is 7. The molecule has 4 rings (SSSR count). The Morgan fingerprint density at radius 2 is 1.72 bits per heavy atom. The van der Waals surface area contributed by atoms with Crippen molar-refractivity contribution in [1.29, 1.82) is 0 Å². The number of hydrogen-bond donors (Lipinski definition) is 4. The van der Waals surface area contributed by atoms with Gasteiger partial charge in [-0.3, -0.25) is 19.9 Å². The predicted molar refractivity (Wildman–Crippen MR) is 154 cm³/mol. The Bertz CT molecular complexity index is 1350. The molecule has 2 atom stereocenters. The maximum Gasteiger partial charge on any atom is 0.325 e. The van der Waals surface area contributed by atoms with Crippen LogP contribution in [0.1, 0.15) is 65.3 Å². The van der Waals surface area contributed by atoms with E-state index in [4.69, 9.17) is 4.74 Å². The summed E-state index contributed by atoms with van der Waals surface area (Å²) in [6, 6.07) is 13.1. The second-order valence-electron chi connectivity index (χ2n) is 10.1. The van der Waals surface area contributed by atoms with Crippen LogP contribution in [0.3, 0.4) is 0 Å². The van der Waals surface area contributed by atoms with Crippen molar-refractivity contribution in [2.75, 3.05) is 24.3 Å². The first-order chi connectivity index (χ1) is 18.7. The fourth-order valence-corrected chi connectivity index (χ4v) is 4.90. The normalized spacial score (nSPS) is 14.4. The van der Waals surface area contributed by atoms with Crippen molar-refractivity contribution in [3.63, 3.8) is 0 Å². The average Bonchev–Trinajstić information content (AvgIpc) is 3.76. The van der Waals surface area contributed by atoms with E-state index in [2.05, 4.69) is 40.0 Å². The molecule has 1 aromatic heterocycles. The van der Waals surface area contributed by atoms with Gasteiger partial charge >= 0.3 is 5.97 Å². The number of nitrogens with zero attached hydrogens (tertiary/aromatic N) is 1. The molecule has 0 spiro atoms. The molecular formula is C31H38N4O4. The third kappa shape index (κ3) is 6.46. The van der Waals surface area contributed by atoms with Crippen molar-refractivity contribution in [2.45, 2.75) is 65.1 Å². The van der Waals surface area contributed by atoms with E-state index in [0.717, 1.165) is 57.6 Å². The molecular weight excluding hydrogens is 492 g/mol. The molecule has 1 aliphatic rings. The summed E-state index contributed by atoms with van der Waals surface area (Å²) in [7, 11) is 1.91. The van der Waals surface area contributed by atoms with Crippen molar-refractivity contribution < 1.29 is 19.4 Å². The summed E-state index contributed by atoms with van der Waals surface area (Å²) in [6.45, 7) is 7.96. The van der Waals surface area contributed by atoms with Gasteiger partial charge in [0.2, 0.25) is 0 Å². The van der Waals surface area contributed by atoms with Crippen LogP contribution in [0.25, 0.3) is 11.1 Å². The van der Waals surface area contributed by atoms with Crippen LogP contribution in [-0.4, -0.2) is 47.8 Å². The quantitative estimate of drug-likeness (QED) is 0.260. The summed E-state index contributed by atoms with van der Waals surface area (Å²) in [5, 5.41) is 19.4. The molecule has 3 aromatic rings. The minimum atomic E-state index is -0.907. The van der Waals surface area contributed by atoms with E-state index < -0.39 is 18.1 Å². The van der Waals surface area contributed by atoms with Gasteiger partial charge in [-0.05, 0) is 98.0 Å². The second-order valence-corrected chi connectivity index (χ2v) is 10.1. The highest BCUT2D eigenvalue weighted by Crippen LogP contribution is 2.42. The van der Waals surface area contributed by atoms with Crippen molar-refractivity contribution in [3.05, 3.63) is 76.6 Å². The van der Waals surface area contributed by atoms with Gasteiger partial charge in [0.25, 0.3) is 5.91 Å². The summed E-state index contributed by atoms with van der Waals surface area (Å²) < 4.78 is 5.08. The molecule has 0 bridgehead atoms. The Kier molecular flexibility index (Phi) is 8.99. The Hall–Kier alpha value is -3.75. The van der Waals surface area contributed by atoms with Gasteiger partial charge in [-0.2, -0.15) is 0 Å². The van der Waals surface area contributed by atoms with Crippen LogP contribution in [0.4, 0.5) is 11.4 Å². The summed E-state index contributed by atoms with van der Waals surface area (Å²) in [6.07, 6.45) is 2.87. The minimum absolute atomic E-state index is 0.243. The summed E-state index contributed by atoms with van der Waals surface area (Å²) in [4.78, 5) is 30.0. The largest absolute Gasteiger partial charge is 0.465 e. The van der Waals surface area contributed by atoms with E-state index >= 15 is 0 Å². The SMILES string of the molecule is CCOC(=O)[C@@H](NCc1cnc(C(=O)Nc2cccc(-c3cccc(NC)c3C)c2C)cc1C1CC1)[C@@H](C)O. The van der Waals surface area contributed by atoms with Crippen LogP contribution in [0.5, 0.6) is 0 Å². The maximum atomic E-state index is 13.3. The third-order valence-electron chi connectivity index (χ3n) is 7.28. The van der Waals surface area contributed by atoms with Crippen LogP contribution in [-0.2, 0) is 16.1 Å². The van der Waals surface area contributed by atoms with Crippen LogP contribution in [0.15, 0.2) is 48.7 Å². The number of amides is 1. The number of nitrogens with one attached hydrogen (secondary N) is 3. The molecule has 0 radical (unpaired) electrons. The third-order valence-corrected chi connectivity index (χ3v) is 7.28. The molecule has 0 saturated heterocycles. The number of benzene rings is 2. The van der Waals surface area contributed by atoms with Gasteiger partial charge in [0, 0.05) is 31.2 Å². The highest BCUT2D eigenvalue weighted by Gasteiger charge is 2.29. The zero-order valence-electron chi connectivity index (χ0n) is 23.3. The summed E-state index contributed by atoms with van der Waals surface area (Å²) in [5.41, 5.74) is 8.39. The first-order valence-electron chi connectivity index (χ1n) is 13.5. The monoisotopic (exact) mass is 530 g/mol. The van der Waals surface area contributed by atoms with E-state index in [-0.39, 0.29) is 12.5 Å². The van der Waals surface area contributed by atoms with Crippen molar-refractivity contribution in [1.82, 2.24) is 10.3 Å². The van der Waals surface area contributed by atoms with E-state index in [0.29, 0.717) is 18.2 Å². The molecule has 2 aromatic carbocycles. The molecule has 1 heterocycles. The molecule has 8 heteroatoms. The Morgan fingerprint density at radius 3 is 2.31 bits per heavy atom. The van der Waals surface area contributed by atoms with E-state index in [9.17, 15) is 14.7 Å². The van der Waals surface area contributed by atoms with Crippen LogP contribution >= 0.6 is 0 Å². The summed E-state index contributed by atoms with van der Waals surface area (Å²) in [5.74, 6) is -0.405. The fraction of sp³-hybridized carbons (Fsp3) is 0.387. The standard InChI is InChI=1S/C31H38N4O4/c1-6-39-31(38)29(20(4)36)34-17-22-16-33-28(15-25(22)21-13-14-21)30(37)35-27-12-8-10-24(19(27)3)23-9-7-11-26(32-5)18(23)2/h7-12,15-16,20-21,29,32,34,36H,6,13-14,17H2,1-5H3,(H,35,37)/t20-,29+/m1/s1. The first kappa shape index (κ1) is 28.3. The van der Waals surface area contributed by atoms with E-state index in [1.807, 2.05) is 44.3 Å².